The van der Waals surface area contributed by atoms with E-state index in [0.29, 0.717) is 24.0 Å². The van der Waals surface area contributed by atoms with Crippen LogP contribution in [0.15, 0.2) is 60.2 Å². The lowest BCUT2D eigenvalue weighted by Crippen LogP contribution is -2.16. The van der Waals surface area contributed by atoms with E-state index in [2.05, 4.69) is 13.5 Å². The van der Waals surface area contributed by atoms with Crippen molar-refractivity contribution in [2.45, 2.75) is 52.4 Å². The maximum absolute atomic E-state index is 12.3. The van der Waals surface area contributed by atoms with Crippen molar-refractivity contribution in [1.29, 1.82) is 0 Å². The number of benzene rings is 1. The average molecular weight is 340 g/mol. The largest absolute Gasteiger partial charge is 0.386 e. The predicted octanol–water partition coefficient (Wildman–Crippen LogP) is 5.63. The minimum Gasteiger partial charge on any atom is -0.386 e. The van der Waals surface area contributed by atoms with Gasteiger partial charge in [0.15, 0.2) is 0 Å². The Morgan fingerprint density at radius 3 is 2.28 bits per heavy atom. The van der Waals surface area contributed by atoms with Crippen LogP contribution in [0.2, 0.25) is 0 Å². The first-order valence-electron chi connectivity index (χ1n) is 8.95. The third-order valence-electron chi connectivity index (χ3n) is 3.75. The number of allylic oxidation sites excluding steroid dienone is 2. The van der Waals surface area contributed by atoms with Gasteiger partial charge in [-0.2, -0.15) is 0 Å². The lowest BCUT2D eigenvalue weighted by atomic mass is 10.1. The van der Waals surface area contributed by atoms with Crippen LogP contribution in [0, 0.1) is 0 Å². The molecule has 0 aliphatic rings. The molecule has 0 unspecified atom stereocenters. The van der Waals surface area contributed by atoms with E-state index in [1.54, 1.807) is 6.08 Å². The second-order valence-corrected chi connectivity index (χ2v) is 5.95. The van der Waals surface area contributed by atoms with Gasteiger partial charge in [0.1, 0.15) is 0 Å². The summed E-state index contributed by atoms with van der Waals surface area (Å²) < 4.78 is 4.99. The molecule has 0 radical (unpaired) electrons. The number of rotatable bonds is 10. The molecule has 0 amide bonds. The van der Waals surface area contributed by atoms with Gasteiger partial charge in [0, 0.05) is 11.1 Å². The summed E-state index contributed by atoms with van der Waals surface area (Å²) in [6.07, 6.45) is 10.3. The van der Waals surface area contributed by atoms with Crippen LogP contribution in [0.4, 0.5) is 0 Å². The van der Waals surface area contributed by atoms with Crippen LogP contribution in [0.5, 0.6) is 0 Å². The molecule has 0 spiro atoms. The molecule has 0 bridgehead atoms. The minimum atomic E-state index is -0.618. The number of carbonyl (C=O) groups is 2. The van der Waals surface area contributed by atoms with Crippen LogP contribution < -0.4 is 0 Å². The molecule has 1 aromatic rings. The Kier molecular flexibility index (Phi) is 9.91. The van der Waals surface area contributed by atoms with Gasteiger partial charge in [-0.15, -0.1) is 0 Å². The minimum absolute atomic E-state index is 0.352. The summed E-state index contributed by atoms with van der Waals surface area (Å²) in [4.78, 5) is 24.2. The topological polar surface area (TPSA) is 43.4 Å². The number of esters is 2. The van der Waals surface area contributed by atoms with Crippen molar-refractivity contribution < 1.29 is 14.3 Å². The second kappa shape index (κ2) is 12.0. The highest BCUT2D eigenvalue weighted by Crippen LogP contribution is 2.13. The Bertz CT molecular complexity index is 624. The Morgan fingerprint density at radius 1 is 1.00 bits per heavy atom. The van der Waals surface area contributed by atoms with Gasteiger partial charge in [-0.1, -0.05) is 81.8 Å². The van der Waals surface area contributed by atoms with Gasteiger partial charge < -0.3 is 4.74 Å². The fourth-order valence-electron chi connectivity index (χ4n) is 2.17. The van der Waals surface area contributed by atoms with Gasteiger partial charge in [0.25, 0.3) is 0 Å². The van der Waals surface area contributed by atoms with Crippen LogP contribution >= 0.6 is 0 Å². The van der Waals surface area contributed by atoms with Gasteiger partial charge in [-0.05, 0) is 31.2 Å². The SMILES string of the molecule is C=C(CCCC)C(=O)OC(=O)C(=CC=Cc1ccccc1)CCCC. The molecular formula is C22H28O3. The predicted molar refractivity (Wildman–Crippen MR) is 103 cm³/mol. The van der Waals surface area contributed by atoms with Crippen molar-refractivity contribution in [2.75, 3.05) is 0 Å². The van der Waals surface area contributed by atoms with Crippen LogP contribution in [0.25, 0.3) is 6.08 Å². The number of carbonyl (C=O) groups excluding carboxylic acids is 2. The molecule has 0 fully saturated rings. The van der Waals surface area contributed by atoms with E-state index in [-0.39, 0.29) is 0 Å². The van der Waals surface area contributed by atoms with Crippen LogP contribution in [0.1, 0.15) is 57.9 Å². The summed E-state index contributed by atoms with van der Waals surface area (Å²) in [5.74, 6) is -1.19. The first-order chi connectivity index (χ1) is 12.1. The average Bonchev–Trinajstić information content (AvgIpc) is 2.63. The highest BCUT2D eigenvalue weighted by Gasteiger charge is 2.17. The van der Waals surface area contributed by atoms with Crippen molar-refractivity contribution in [1.82, 2.24) is 0 Å². The molecule has 0 saturated heterocycles. The summed E-state index contributed by atoms with van der Waals surface area (Å²) in [7, 11) is 0. The number of unbranched alkanes of at least 4 members (excludes halogenated alkanes) is 2. The summed E-state index contributed by atoms with van der Waals surface area (Å²) in [5.41, 5.74) is 1.90. The molecule has 1 aromatic carbocycles. The van der Waals surface area contributed by atoms with Crippen molar-refractivity contribution in [3.05, 3.63) is 65.8 Å². The maximum atomic E-state index is 12.3. The second-order valence-electron chi connectivity index (χ2n) is 5.95. The zero-order valence-electron chi connectivity index (χ0n) is 15.3. The van der Waals surface area contributed by atoms with Crippen molar-refractivity contribution >= 4 is 18.0 Å². The van der Waals surface area contributed by atoms with E-state index >= 15 is 0 Å². The third-order valence-corrected chi connectivity index (χ3v) is 3.75. The molecule has 3 nitrogen and oxygen atoms in total. The molecule has 0 heterocycles. The molecule has 0 saturated carbocycles. The van der Waals surface area contributed by atoms with E-state index in [0.717, 1.165) is 31.2 Å². The van der Waals surface area contributed by atoms with E-state index in [9.17, 15) is 9.59 Å². The number of ether oxygens (including phenoxy) is 1. The summed E-state index contributed by atoms with van der Waals surface area (Å²) in [6.45, 7) is 7.80. The van der Waals surface area contributed by atoms with Gasteiger partial charge in [0.2, 0.25) is 0 Å². The summed E-state index contributed by atoms with van der Waals surface area (Å²) >= 11 is 0. The lowest BCUT2D eigenvalue weighted by Gasteiger charge is -2.07. The molecule has 0 aliphatic heterocycles. The number of hydrogen-bond donors (Lipinski definition) is 0. The highest BCUT2D eigenvalue weighted by molar-refractivity contribution is 6.01. The van der Waals surface area contributed by atoms with E-state index in [1.165, 1.54) is 0 Å². The fraction of sp³-hybridized carbons (Fsp3) is 0.364. The lowest BCUT2D eigenvalue weighted by molar-refractivity contribution is -0.154. The van der Waals surface area contributed by atoms with E-state index in [4.69, 9.17) is 4.74 Å². The zero-order valence-corrected chi connectivity index (χ0v) is 15.3. The first-order valence-corrected chi connectivity index (χ1v) is 8.95. The van der Waals surface area contributed by atoms with Crippen molar-refractivity contribution in [3.8, 4) is 0 Å². The van der Waals surface area contributed by atoms with Gasteiger partial charge in [-0.25, -0.2) is 9.59 Å². The molecule has 25 heavy (non-hydrogen) atoms. The third kappa shape index (κ3) is 8.30. The van der Waals surface area contributed by atoms with Crippen molar-refractivity contribution in [3.63, 3.8) is 0 Å². The molecule has 0 aliphatic carbocycles. The summed E-state index contributed by atoms with van der Waals surface area (Å²) in [5, 5.41) is 0. The van der Waals surface area contributed by atoms with Crippen LogP contribution in [-0.4, -0.2) is 11.9 Å². The highest BCUT2D eigenvalue weighted by atomic mass is 16.6. The first kappa shape index (κ1) is 20.6. The van der Waals surface area contributed by atoms with Gasteiger partial charge in [0.05, 0.1) is 0 Å². The monoisotopic (exact) mass is 340 g/mol. The quantitative estimate of drug-likeness (QED) is 0.240. The Hall–Kier alpha value is -2.42. The molecule has 0 aromatic heterocycles. The smallest absolute Gasteiger partial charge is 0.341 e. The van der Waals surface area contributed by atoms with E-state index < -0.39 is 11.9 Å². The normalized spacial score (nSPS) is 11.5. The zero-order chi connectivity index (χ0) is 18.5. The van der Waals surface area contributed by atoms with Gasteiger partial charge in [-0.3, -0.25) is 0 Å². The Labute approximate surface area is 151 Å². The molecular weight excluding hydrogens is 312 g/mol. The maximum Gasteiger partial charge on any atom is 0.341 e. The standard InChI is InChI=1S/C22H28O3/c1-4-6-12-18(3)21(23)25-22(24)20(16-7-5-2)17-11-15-19-13-9-8-10-14-19/h8-11,13-15,17H,3-7,12,16H2,1-2H3. The molecule has 0 atom stereocenters. The number of hydrogen-bond acceptors (Lipinski definition) is 3. The summed E-state index contributed by atoms with van der Waals surface area (Å²) in [6, 6.07) is 9.83. The Morgan fingerprint density at radius 2 is 1.64 bits per heavy atom. The van der Waals surface area contributed by atoms with Gasteiger partial charge >= 0.3 is 11.9 Å². The van der Waals surface area contributed by atoms with Crippen LogP contribution in [0.3, 0.4) is 0 Å². The molecule has 3 heteroatoms. The molecule has 134 valence electrons. The molecule has 1 rings (SSSR count). The Balaban J connectivity index is 2.74. The molecule has 0 N–H and O–H groups in total. The van der Waals surface area contributed by atoms with Crippen LogP contribution in [-0.2, 0) is 14.3 Å². The fourth-order valence-corrected chi connectivity index (χ4v) is 2.17. The van der Waals surface area contributed by atoms with Crippen molar-refractivity contribution in [2.24, 2.45) is 0 Å². The van der Waals surface area contributed by atoms with E-state index in [1.807, 2.05) is 49.4 Å².